The van der Waals surface area contributed by atoms with Crippen LogP contribution in [-0.2, 0) is 14.8 Å². The molecule has 0 atom stereocenters. The lowest BCUT2D eigenvalue weighted by atomic mass is 10.0. The van der Waals surface area contributed by atoms with Gasteiger partial charge in [0.15, 0.2) is 0 Å². The van der Waals surface area contributed by atoms with Crippen molar-refractivity contribution in [2.24, 2.45) is 0 Å². The third-order valence-electron chi connectivity index (χ3n) is 5.56. The summed E-state index contributed by atoms with van der Waals surface area (Å²) < 4.78 is 27.6. The zero-order valence-electron chi connectivity index (χ0n) is 19.6. The van der Waals surface area contributed by atoms with Gasteiger partial charge in [0.05, 0.1) is 16.1 Å². The number of carbonyl (C=O) groups excluding carboxylic acids is 1. The van der Waals surface area contributed by atoms with Gasteiger partial charge in [0.25, 0.3) is 15.9 Å². The summed E-state index contributed by atoms with van der Waals surface area (Å²) >= 11 is 11.9. The number of nitrogens with zero attached hydrogens (tertiary/aromatic N) is 1. The van der Waals surface area contributed by atoms with Crippen LogP contribution in [0.1, 0.15) is 17.3 Å². The van der Waals surface area contributed by atoms with E-state index in [1.807, 2.05) is 0 Å². The number of hydrogen-bond acceptors (Lipinski definition) is 4. The van der Waals surface area contributed by atoms with Crippen molar-refractivity contribution in [3.05, 3.63) is 94.5 Å². The minimum atomic E-state index is -4.43. The van der Waals surface area contributed by atoms with E-state index in [4.69, 9.17) is 23.2 Å². The molecule has 0 radical (unpaired) electrons. The Morgan fingerprint density at radius 3 is 2.08 bits per heavy atom. The minimum Gasteiger partial charge on any atom is -0.480 e. The van der Waals surface area contributed by atoms with Crippen LogP contribution in [0.15, 0.2) is 83.8 Å². The highest BCUT2D eigenvalue weighted by Gasteiger charge is 2.31. The Hall–Kier alpha value is -3.59. The van der Waals surface area contributed by atoms with Crippen LogP contribution < -0.4 is 9.62 Å². The van der Waals surface area contributed by atoms with Crippen molar-refractivity contribution in [1.29, 1.82) is 0 Å². The fourth-order valence-corrected chi connectivity index (χ4v) is 6.01. The maximum absolute atomic E-state index is 13.5. The van der Waals surface area contributed by atoms with Crippen molar-refractivity contribution >= 4 is 61.6 Å². The number of anilines is 1. The largest absolute Gasteiger partial charge is 0.480 e. The van der Waals surface area contributed by atoms with E-state index >= 15 is 0 Å². The van der Waals surface area contributed by atoms with E-state index in [2.05, 4.69) is 29.6 Å². The summed E-state index contributed by atoms with van der Waals surface area (Å²) in [6.45, 7) is 1.12. The zero-order valence-corrected chi connectivity index (χ0v) is 21.9. The average molecular weight is 557 g/mol. The van der Waals surface area contributed by atoms with E-state index < -0.39 is 28.4 Å². The SMILES string of the molecule is CCNC(=O)c1c(N(CC(=O)O)S(=O)(=O)c2cc(Cl)cc(Cl)c2)ccc2ccccc12.c1cc2cc-2c1. The molecule has 0 heterocycles. The minimum absolute atomic E-state index is 0.0536. The second-order valence-corrected chi connectivity index (χ2v) is 10.9. The van der Waals surface area contributed by atoms with Gasteiger partial charge in [0, 0.05) is 16.6 Å². The van der Waals surface area contributed by atoms with Crippen LogP contribution in [0.25, 0.3) is 21.9 Å². The van der Waals surface area contributed by atoms with Gasteiger partial charge in [-0.15, -0.1) is 0 Å². The third-order valence-corrected chi connectivity index (χ3v) is 7.73. The fourth-order valence-electron chi connectivity index (χ4n) is 3.86. The molecule has 2 aliphatic rings. The number of sulfonamides is 1. The topological polar surface area (TPSA) is 104 Å². The van der Waals surface area contributed by atoms with Crippen LogP contribution in [-0.4, -0.2) is 38.5 Å². The van der Waals surface area contributed by atoms with E-state index in [9.17, 15) is 23.1 Å². The highest BCUT2D eigenvalue weighted by molar-refractivity contribution is 7.92. The number of nitrogens with one attached hydrogen (secondary N) is 1. The molecule has 7 nitrogen and oxygen atoms in total. The molecule has 0 saturated heterocycles. The Morgan fingerprint density at radius 2 is 1.54 bits per heavy atom. The summed E-state index contributed by atoms with van der Waals surface area (Å²) in [6.07, 6.45) is 0. The highest BCUT2D eigenvalue weighted by Crippen LogP contribution is 2.34. The summed E-state index contributed by atoms with van der Waals surface area (Å²) in [5.41, 5.74) is 2.84. The normalized spacial score (nSPS) is 11.3. The first-order chi connectivity index (χ1) is 17.6. The average Bonchev–Trinajstić information content (AvgIpc) is 3.45. The van der Waals surface area contributed by atoms with Crippen LogP contribution in [0.2, 0.25) is 10.0 Å². The Kier molecular flexibility index (Phi) is 7.73. The predicted molar refractivity (Wildman–Crippen MR) is 146 cm³/mol. The Morgan fingerprint density at radius 1 is 0.892 bits per heavy atom. The number of carbonyl (C=O) groups is 2. The van der Waals surface area contributed by atoms with E-state index in [0.717, 1.165) is 0 Å². The van der Waals surface area contributed by atoms with Crippen molar-refractivity contribution in [2.45, 2.75) is 11.8 Å². The van der Waals surface area contributed by atoms with Crippen LogP contribution in [0.5, 0.6) is 0 Å². The van der Waals surface area contributed by atoms with Gasteiger partial charge in [-0.05, 0) is 59.2 Å². The summed E-state index contributed by atoms with van der Waals surface area (Å²) in [7, 11) is -4.43. The van der Waals surface area contributed by atoms with Gasteiger partial charge in [0.1, 0.15) is 6.54 Å². The maximum Gasteiger partial charge on any atom is 0.324 e. The first kappa shape index (κ1) is 26.5. The van der Waals surface area contributed by atoms with Crippen LogP contribution >= 0.6 is 23.2 Å². The van der Waals surface area contributed by atoms with E-state index in [-0.39, 0.29) is 26.2 Å². The zero-order chi connectivity index (χ0) is 26.7. The molecule has 0 spiro atoms. The fraction of sp³-hybridized carbons (Fsp3) is 0.111. The van der Waals surface area contributed by atoms with E-state index in [1.54, 1.807) is 37.3 Å². The van der Waals surface area contributed by atoms with Crippen LogP contribution in [0.4, 0.5) is 5.69 Å². The number of carboxylic acid groups (broad SMARTS) is 1. The molecule has 0 unspecified atom stereocenters. The first-order valence-corrected chi connectivity index (χ1v) is 13.4. The van der Waals surface area contributed by atoms with Crippen molar-refractivity contribution in [3.63, 3.8) is 0 Å². The number of carboxylic acids is 1. The lowest BCUT2D eigenvalue weighted by Crippen LogP contribution is -2.37. The molecular weight excluding hydrogens is 535 g/mol. The summed E-state index contributed by atoms with van der Waals surface area (Å²) in [6, 6.07) is 22.2. The van der Waals surface area contributed by atoms with Crippen LogP contribution in [0, 0.1) is 0 Å². The van der Waals surface area contributed by atoms with Crippen molar-refractivity contribution < 1.29 is 23.1 Å². The molecule has 2 aliphatic carbocycles. The van der Waals surface area contributed by atoms with Crippen LogP contribution in [0.3, 0.4) is 0 Å². The van der Waals surface area contributed by atoms with Gasteiger partial charge in [-0.2, -0.15) is 0 Å². The molecule has 0 fully saturated rings. The summed E-state index contributed by atoms with van der Waals surface area (Å²) in [5, 5.41) is 13.4. The maximum atomic E-state index is 13.5. The molecule has 3 aromatic rings. The van der Waals surface area contributed by atoms with Crippen molar-refractivity contribution in [2.75, 3.05) is 17.4 Å². The Labute approximate surface area is 224 Å². The second-order valence-electron chi connectivity index (χ2n) is 8.13. The number of aliphatic carboxylic acids is 1. The smallest absolute Gasteiger partial charge is 0.324 e. The third kappa shape index (κ3) is 5.88. The number of amides is 1. The van der Waals surface area contributed by atoms with Gasteiger partial charge in [0.2, 0.25) is 0 Å². The predicted octanol–water partition coefficient (Wildman–Crippen LogP) is 5.84. The lowest BCUT2D eigenvalue weighted by Gasteiger charge is -2.26. The molecule has 5 rings (SSSR count). The number of halogens is 2. The molecule has 0 saturated carbocycles. The molecule has 0 aromatic heterocycles. The van der Waals surface area contributed by atoms with Crippen molar-refractivity contribution in [3.8, 4) is 11.1 Å². The van der Waals surface area contributed by atoms with Crippen molar-refractivity contribution in [1.82, 2.24) is 5.32 Å². The first-order valence-electron chi connectivity index (χ1n) is 11.2. The summed E-state index contributed by atoms with van der Waals surface area (Å²) in [4.78, 5) is 24.2. The molecule has 190 valence electrons. The molecule has 3 aromatic carbocycles. The Balaban J connectivity index is 0.000000458. The molecule has 0 bridgehead atoms. The monoisotopic (exact) mass is 556 g/mol. The molecule has 0 aliphatic heterocycles. The van der Waals surface area contributed by atoms with Gasteiger partial charge in [-0.3, -0.25) is 13.9 Å². The van der Waals surface area contributed by atoms with Gasteiger partial charge in [-0.25, -0.2) is 8.42 Å². The molecule has 37 heavy (non-hydrogen) atoms. The summed E-state index contributed by atoms with van der Waals surface area (Å²) in [5.74, 6) is -1.92. The lowest BCUT2D eigenvalue weighted by molar-refractivity contribution is -0.135. The number of fused-ring (bicyclic) bond motifs is 2. The number of rotatable bonds is 7. The van der Waals surface area contributed by atoms with E-state index in [0.29, 0.717) is 21.6 Å². The molecule has 2 N–H and O–H groups in total. The van der Waals surface area contributed by atoms with Gasteiger partial charge < -0.3 is 10.4 Å². The standard InChI is InChI=1S/C21H18Cl2N2O5S.C6H4/c1-2-24-21(28)20-17-6-4-3-5-13(17)7-8-18(20)25(12-19(26)27)31(29,30)16-10-14(22)9-15(23)11-16;1-2-5-4-6(5)3-1/h3-11H,2,12H2,1H3,(H,24,28)(H,26,27);1-4H. The van der Waals surface area contributed by atoms with E-state index in [1.165, 1.54) is 35.4 Å². The quantitative estimate of drug-likeness (QED) is 0.262. The number of hydrogen-bond donors (Lipinski definition) is 2. The van der Waals surface area contributed by atoms with Gasteiger partial charge >= 0.3 is 5.97 Å². The second kappa shape index (κ2) is 10.8. The van der Waals surface area contributed by atoms with Gasteiger partial charge in [-0.1, -0.05) is 71.7 Å². The molecule has 1 amide bonds. The molecular formula is C27H22Cl2N2O5S. The Bertz CT molecular complexity index is 1590. The molecule has 10 heteroatoms. The number of benzene rings is 4. The highest BCUT2D eigenvalue weighted by atomic mass is 35.5.